The lowest BCUT2D eigenvalue weighted by molar-refractivity contribution is 0.816. The van der Waals surface area contributed by atoms with Crippen molar-refractivity contribution in [2.45, 2.75) is 61.3 Å². The molecule has 1 heterocycles. The summed E-state index contributed by atoms with van der Waals surface area (Å²) >= 11 is 0. The van der Waals surface area contributed by atoms with Gasteiger partial charge >= 0.3 is 0 Å². The molecule has 6 nitrogen and oxygen atoms in total. The topological polar surface area (TPSA) is 88.2 Å². The van der Waals surface area contributed by atoms with Crippen LogP contribution in [0.25, 0.3) is 0 Å². The summed E-state index contributed by atoms with van der Waals surface area (Å²) in [5.74, 6) is 1.30. The molecule has 4 N–H and O–H groups in total. The van der Waals surface area contributed by atoms with Crippen molar-refractivity contribution in [1.82, 2.24) is 15.3 Å². The summed E-state index contributed by atoms with van der Waals surface area (Å²) in [4.78, 5) is 13.1. The van der Waals surface area contributed by atoms with Gasteiger partial charge in [-0.05, 0) is 58.1 Å². The van der Waals surface area contributed by atoms with Crippen LogP contribution in [0.4, 0.5) is 5.95 Å². The molecule has 154 valence electrons. The molecule has 0 fully saturated rings. The zero-order valence-electron chi connectivity index (χ0n) is 18.4. The van der Waals surface area contributed by atoms with Gasteiger partial charge in [-0.1, -0.05) is 38.5 Å². The zero-order chi connectivity index (χ0) is 21.1. The van der Waals surface area contributed by atoms with E-state index in [1.165, 1.54) is 11.1 Å². The molecule has 1 aromatic heterocycles. The van der Waals surface area contributed by atoms with Crippen molar-refractivity contribution in [3.05, 3.63) is 52.6 Å². The summed E-state index contributed by atoms with van der Waals surface area (Å²) in [5, 5.41) is 6.34. The molecule has 0 spiro atoms. The number of aromatic nitrogens is 2. The molecule has 1 rings (SSSR count). The molecular formula is C22H36N6. The number of hydrogen-bond acceptors (Lipinski definition) is 4. The second-order valence-electron chi connectivity index (χ2n) is 7.32. The molecule has 1 aromatic rings. The predicted molar refractivity (Wildman–Crippen MR) is 120 cm³/mol. The number of nitrogens with zero attached hydrogens (tertiary/aromatic N) is 3. The number of hydrogen-bond donors (Lipinski definition) is 3. The highest BCUT2D eigenvalue weighted by molar-refractivity contribution is 5.90. The molecule has 0 atom stereocenters. The second-order valence-corrected chi connectivity index (χ2v) is 7.32. The first-order chi connectivity index (χ1) is 13.2. The molecule has 0 saturated carbocycles. The molecule has 0 unspecified atom stereocenters. The fraction of sp³-hybridized carbons (Fsp3) is 0.500. The summed E-state index contributed by atoms with van der Waals surface area (Å²) in [6, 6.07) is 1.92. The van der Waals surface area contributed by atoms with Crippen molar-refractivity contribution in [2.75, 3.05) is 11.9 Å². The fourth-order valence-corrected chi connectivity index (χ4v) is 2.79. The third kappa shape index (κ3) is 9.35. The molecular weight excluding hydrogens is 348 g/mol. The monoisotopic (exact) mass is 384 g/mol. The highest BCUT2D eigenvalue weighted by atomic mass is 15.2. The molecule has 0 aliphatic carbocycles. The van der Waals surface area contributed by atoms with E-state index < -0.39 is 0 Å². The lowest BCUT2D eigenvalue weighted by Crippen LogP contribution is -2.24. The Labute approximate surface area is 170 Å². The summed E-state index contributed by atoms with van der Waals surface area (Å²) in [6.07, 6.45) is 8.30. The van der Waals surface area contributed by atoms with Crippen molar-refractivity contribution in [2.24, 2.45) is 16.6 Å². The number of nitrogens with one attached hydrogen (secondary N) is 2. The molecule has 0 amide bonds. The van der Waals surface area contributed by atoms with Crippen LogP contribution in [0.1, 0.15) is 58.8 Å². The number of anilines is 1. The average molecular weight is 385 g/mol. The molecule has 0 bridgehead atoms. The maximum Gasteiger partial charge on any atom is 0.229 e. The average Bonchev–Trinajstić information content (AvgIpc) is 2.56. The minimum Gasteiger partial charge on any atom is -0.370 e. The SMILES string of the molecule is CC/C=C(\C)N/C=C(CCN=C(N)Nc1nc(C)cc(C)n1)\C(C)=C\C(C)C. The normalized spacial score (nSPS) is 13.9. The Kier molecular flexibility index (Phi) is 9.99. The smallest absolute Gasteiger partial charge is 0.229 e. The number of allylic oxidation sites excluding steroid dienone is 4. The van der Waals surface area contributed by atoms with E-state index in [2.05, 4.69) is 78.6 Å². The van der Waals surface area contributed by atoms with Crippen molar-refractivity contribution in [3.63, 3.8) is 0 Å². The van der Waals surface area contributed by atoms with E-state index in [-0.39, 0.29) is 0 Å². The van der Waals surface area contributed by atoms with Gasteiger partial charge < -0.3 is 11.1 Å². The van der Waals surface area contributed by atoms with Crippen LogP contribution < -0.4 is 16.4 Å². The largest absolute Gasteiger partial charge is 0.370 e. The zero-order valence-corrected chi connectivity index (χ0v) is 18.4. The summed E-state index contributed by atoms with van der Waals surface area (Å²) in [7, 11) is 0. The number of rotatable bonds is 9. The van der Waals surface area contributed by atoms with Crippen LogP contribution in [0.3, 0.4) is 0 Å². The molecule has 0 aliphatic rings. The summed E-state index contributed by atoms with van der Waals surface area (Å²) in [6.45, 7) is 15.1. The van der Waals surface area contributed by atoms with Gasteiger partial charge in [0, 0.05) is 29.8 Å². The lowest BCUT2D eigenvalue weighted by atomic mass is 10.0. The predicted octanol–water partition coefficient (Wildman–Crippen LogP) is 4.60. The van der Waals surface area contributed by atoms with Crippen molar-refractivity contribution >= 4 is 11.9 Å². The molecule has 0 radical (unpaired) electrons. The van der Waals surface area contributed by atoms with Crippen LogP contribution in [0, 0.1) is 19.8 Å². The van der Waals surface area contributed by atoms with Gasteiger partial charge in [-0.2, -0.15) is 0 Å². The highest BCUT2D eigenvalue weighted by Crippen LogP contribution is 2.16. The van der Waals surface area contributed by atoms with Crippen LogP contribution in [-0.4, -0.2) is 22.5 Å². The molecule has 28 heavy (non-hydrogen) atoms. The maximum atomic E-state index is 6.01. The first-order valence-corrected chi connectivity index (χ1v) is 9.91. The second kappa shape index (κ2) is 12.0. The van der Waals surface area contributed by atoms with Crippen LogP contribution in [0.2, 0.25) is 0 Å². The quantitative estimate of drug-likeness (QED) is 0.329. The first kappa shape index (κ1) is 23.4. The molecule has 0 saturated heterocycles. The number of aryl methyl sites for hydroxylation is 2. The highest BCUT2D eigenvalue weighted by Gasteiger charge is 2.04. The molecule has 0 aromatic carbocycles. The summed E-state index contributed by atoms with van der Waals surface area (Å²) in [5.41, 5.74) is 11.4. The Bertz CT molecular complexity index is 736. The Morgan fingerprint density at radius 1 is 1.21 bits per heavy atom. The van der Waals surface area contributed by atoms with Gasteiger partial charge in [-0.15, -0.1) is 0 Å². The minimum atomic E-state index is 0.324. The van der Waals surface area contributed by atoms with E-state index in [0.717, 1.165) is 29.9 Å². The van der Waals surface area contributed by atoms with Crippen LogP contribution in [0.15, 0.2) is 46.3 Å². The van der Waals surface area contributed by atoms with E-state index in [1.807, 2.05) is 19.9 Å². The first-order valence-electron chi connectivity index (χ1n) is 9.91. The van der Waals surface area contributed by atoms with Crippen LogP contribution >= 0.6 is 0 Å². The van der Waals surface area contributed by atoms with E-state index in [1.54, 1.807) is 0 Å². The Balaban J connectivity index is 2.81. The van der Waals surface area contributed by atoms with E-state index in [0.29, 0.717) is 24.4 Å². The third-order valence-electron chi connectivity index (χ3n) is 3.96. The van der Waals surface area contributed by atoms with Crippen LogP contribution in [0.5, 0.6) is 0 Å². The van der Waals surface area contributed by atoms with Gasteiger partial charge in [0.15, 0.2) is 5.96 Å². The maximum absolute atomic E-state index is 6.01. The molecule has 0 aliphatic heterocycles. The number of nitrogens with two attached hydrogens (primary N) is 1. The van der Waals surface area contributed by atoms with Gasteiger partial charge in [0.05, 0.1) is 0 Å². The lowest BCUT2D eigenvalue weighted by Gasteiger charge is -2.11. The van der Waals surface area contributed by atoms with Gasteiger partial charge in [0.2, 0.25) is 5.95 Å². The van der Waals surface area contributed by atoms with Crippen LogP contribution in [-0.2, 0) is 0 Å². The summed E-state index contributed by atoms with van der Waals surface area (Å²) < 4.78 is 0. The van der Waals surface area contributed by atoms with Gasteiger partial charge in [0.1, 0.15) is 0 Å². The van der Waals surface area contributed by atoms with Crippen molar-refractivity contribution in [3.8, 4) is 0 Å². The Morgan fingerprint density at radius 3 is 2.43 bits per heavy atom. The third-order valence-corrected chi connectivity index (χ3v) is 3.96. The molecule has 6 heteroatoms. The number of aliphatic imine (C=N–C) groups is 1. The van der Waals surface area contributed by atoms with Gasteiger partial charge in [-0.3, -0.25) is 10.3 Å². The van der Waals surface area contributed by atoms with Gasteiger partial charge in [-0.25, -0.2) is 9.97 Å². The van der Waals surface area contributed by atoms with E-state index in [9.17, 15) is 0 Å². The standard InChI is InChI=1S/C22H36N6/c1-8-9-17(5)25-14-20(16(4)12-15(2)3)10-11-24-21(23)28-22-26-18(6)13-19(7)27-22/h9,12-15,25H,8,10-11H2,1-7H3,(H3,23,24,26,27,28)/b16-12+,17-9+,20-14-. The van der Waals surface area contributed by atoms with E-state index >= 15 is 0 Å². The number of guanidine groups is 1. The Hall–Kier alpha value is -2.63. The van der Waals surface area contributed by atoms with Gasteiger partial charge in [0.25, 0.3) is 0 Å². The van der Waals surface area contributed by atoms with E-state index in [4.69, 9.17) is 5.73 Å². The fourth-order valence-electron chi connectivity index (χ4n) is 2.79. The van der Waals surface area contributed by atoms with Crippen molar-refractivity contribution < 1.29 is 0 Å². The minimum absolute atomic E-state index is 0.324. The Morgan fingerprint density at radius 2 is 1.86 bits per heavy atom. The van der Waals surface area contributed by atoms with Crippen molar-refractivity contribution in [1.29, 1.82) is 0 Å².